The maximum atomic E-state index is 10.7. The first-order valence-corrected chi connectivity index (χ1v) is 12.5. The highest BCUT2D eigenvalue weighted by atomic mass is 16.5. The van der Waals surface area contributed by atoms with Crippen LogP contribution in [0.1, 0.15) is 49.9 Å². The van der Waals surface area contributed by atoms with Crippen molar-refractivity contribution in [3.63, 3.8) is 0 Å². The van der Waals surface area contributed by atoms with Gasteiger partial charge in [0.2, 0.25) is 0 Å². The highest BCUT2D eigenvalue weighted by molar-refractivity contribution is 6.50. The molecule has 1 atom stereocenters. The van der Waals surface area contributed by atoms with Gasteiger partial charge in [0.15, 0.2) is 0 Å². The second kappa shape index (κ2) is 7.46. The molecular weight excluding hydrogens is 426 g/mol. The van der Waals surface area contributed by atoms with Crippen molar-refractivity contribution in [2.75, 3.05) is 0 Å². The lowest BCUT2D eigenvalue weighted by atomic mass is 9.69. The second-order valence-electron chi connectivity index (χ2n) is 11.1. The minimum Gasteiger partial charge on any atom is -0.427 e. The Morgan fingerprint density at radius 2 is 1.31 bits per heavy atom. The van der Waals surface area contributed by atoms with Crippen LogP contribution in [0.3, 0.4) is 0 Å². The molecule has 6 rings (SSSR count). The monoisotopic (exact) mass is 456 g/mol. The first kappa shape index (κ1) is 22.4. The van der Waals surface area contributed by atoms with E-state index >= 15 is 0 Å². The van der Waals surface area contributed by atoms with Gasteiger partial charge >= 0.3 is 7.48 Å². The van der Waals surface area contributed by atoms with Crippen LogP contribution in [-0.4, -0.2) is 31.6 Å². The molecule has 0 heterocycles. The lowest BCUT2D eigenvalue weighted by Crippen LogP contribution is -2.49. The van der Waals surface area contributed by atoms with E-state index in [2.05, 4.69) is 92.8 Å². The second-order valence-corrected chi connectivity index (χ2v) is 11.1. The zero-order valence-corrected chi connectivity index (χ0v) is 21.1. The summed E-state index contributed by atoms with van der Waals surface area (Å²) in [5.41, 5.74) is 11.0. The van der Waals surface area contributed by atoms with E-state index < -0.39 is 11.2 Å². The van der Waals surface area contributed by atoms with Gasteiger partial charge in [-0.15, -0.1) is 0 Å². The van der Waals surface area contributed by atoms with Gasteiger partial charge < -0.3 is 9.76 Å². The van der Waals surface area contributed by atoms with Crippen molar-refractivity contribution in [2.45, 2.75) is 44.3 Å². The van der Waals surface area contributed by atoms with Gasteiger partial charge in [-0.25, -0.2) is 0 Å². The van der Waals surface area contributed by atoms with Gasteiger partial charge in [-0.05, 0) is 77.7 Å². The molecule has 4 heteroatoms. The van der Waals surface area contributed by atoms with Crippen LogP contribution in [0.4, 0.5) is 0 Å². The minimum atomic E-state index is -0.953. The van der Waals surface area contributed by atoms with Crippen molar-refractivity contribution in [3.8, 4) is 22.3 Å². The molecule has 0 bridgehead atoms. The number of benzene rings is 4. The molecular formula is C31H30B2O2. The Kier molecular flexibility index (Phi) is 4.78. The van der Waals surface area contributed by atoms with Gasteiger partial charge in [0.25, 0.3) is 0 Å². The van der Waals surface area contributed by atoms with Crippen molar-refractivity contribution in [1.29, 1.82) is 0 Å². The Hall–Kier alpha value is -3.07. The van der Waals surface area contributed by atoms with Crippen molar-refractivity contribution in [3.05, 3.63) is 107 Å². The van der Waals surface area contributed by atoms with E-state index in [0.29, 0.717) is 7.48 Å². The number of hydrogen-bond donors (Lipinski definition) is 1. The minimum absolute atomic E-state index is 0.342. The predicted molar refractivity (Wildman–Crippen MR) is 149 cm³/mol. The van der Waals surface area contributed by atoms with Gasteiger partial charge in [0, 0.05) is 0 Å². The van der Waals surface area contributed by atoms with E-state index in [-0.39, 0.29) is 5.41 Å². The van der Waals surface area contributed by atoms with Crippen LogP contribution < -0.4 is 10.9 Å². The molecule has 4 aromatic carbocycles. The van der Waals surface area contributed by atoms with Crippen molar-refractivity contribution >= 4 is 26.3 Å². The van der Waals surface area contributed by atoms with E-state index in [1.165, 1.54) is 50.0 Å². The molecule has 1 unspecified atom stereocenters. The zero-order valence-electron chi connectivity index (χ0n) is 21.1. The molecule has 0 aliphatic heterocycles. The third kappa shape index (κ3) is 3.00. The fourth-order valence-electron chi connectivity index (χ4n) is 5.93. The van der Waals surface area contributed by atoms with Crippen LogP contribution in [0, 0.1) is 0 Å². The van der Waals surface area contributed by atoms with Crippen molar-refractivity contribution in [2.24, 2.45) is 0 Å². The average Bonchev–Trinajstić information content (AvgIpc) is 3.29. The van der Waals surface area contributed by atoms with Crippen LogP contribution in [0.2, 0.25) is 0 Å². The molecule has 2 aliphatic carbocycles. The molecule has 0 amide bonds. The van der Waals surface area contributed by atoms with E-state index in [1.807, 2.05) is 13.8 Å². The normalized spacial score (nSPS) is 17.6. The molecule has 1 spiro atoms. The SMILES string of the molecule is Bc1ccc2c(c1)C1(c3ccccc3-2)c2ccccc2-c2c(BOC(C)(C)C(C)(C)O)cccc21. The summed E-state index contributed by atoms with van der Waals surface area (Å²) in [5.74, 6) is 0. The van der Waals surface area contributed by atoms with Gasteiger partial charge in [0.05, 0.1) is 16.6 Å². The molecule has 0 fully saturated rings. The number of hydrogen-bond acceptors (Lipinski definition) is 2. The Morgan fingerprint density at radius 3 is 2.03 bits per heavy atom. The van der Waals surface area contributed by atoms with Crippen molar-refractivity contribution < 1.29 is 9.76 Å². The molecule has 1 N–H and O–H groups in total. The molecule has 172 valence electrons. The number of aliphatic hydroxyl groups is 1. The van der Waals surface area contributed by atoms with E-state index in [1.54, 1.807) is 13.8 Å². The van der Waals surface area contributed by atoms with Crippen LogP contribution in [0.5, 0.6) is 0 Å². The molecule has 0 saturated carbocycles. The fraction of sp³-hybridized carbons (Fsp3) is 0.226. The van der Waals surface area contributed by atoms with Gasteiger partial charge in [0.1, 0.15) is 7.85 Å². The number of fused-ring (bicyclic) bond motifs is 10. The topological polar surface area (TPSA) is 29.5 Å². The number of rotatable bonds is 4. The largest absolute Gasteiger partial charge is 0.427 e. The highest BCUT2D eigenvalue weighted by Crippen LogP contribution is 2.62. The lowest BCUT2D eigenvalue weighted by Gasteiger charge is -2.37. The standard InChI is InChI=1S/C31H30B2O2/c1-29(2,34)30(3,4)35-33-27-15-9-14-25-28(27)22-11-6-8-13-24(22)31(25)23-12-7-5-10-20(23)21-17-16-19(32)18-26(21)31/h5-18,33-34H,32H2,1-4H3. The molecule has 0 aromatic heterocycles. The summed E-state index contributed by atoms with van der Waals surface area (Å²) in [7, 11) is 2.62. The summed E-state index contributed by atoms with van der Waals surface area (Å²) in [6, 6.07) is 31.3. The van der Waals surface area contributed by atoms with E-state index in [9.17, 15) is 5.11 Å². The third-order valence-electron chi connectivity index (χ3n) is 8.42. The van der Waals surface area contributed by atoms with Gasteiger partial charge in [-0.2, -0.15) is 0 Å². The molecule has 35 heavy (non-hydrogen) atoms. The average molecular weight is 456 g/mol. The first-order chi connectivity index (χ1) is 16.7. The molecule has 0 radical (unpaired) electrons. The van der Waals surface area contributed by atoms with Crippen LogP contribution in [-0.2, 0) is 10.1 Å². The van der Waals surface area contributed by atoms with Crippen LogP contribution in [0.15, 0.2) is 84.9 Å². The Labute approximate surface area is 209 Å². The summed E-state index contributed by atoms with van der Waals surface area (Å²) >= 11 is 0. The Bertz CT molecular complexity index is 1480. The maximum absolute atomic E-state index is 10.7. The molecule has 2 aliphatic rings. The van der Waals surface area contributed by atoms with Crippen LogP contribution in [0.25, 0.3) is 22.3 Å². The highest BCUT2D eigenvalue weighted by Gasteiger charge is 2.52. The zero-order chi connectivity index (χ0) is 24.6. The predicted octanol–water partition coefficient (Wildman–Crippen LogP) is 3.83. The lowest BCUT2D eigenvalue weighted by molar-refractivity contribution is -0.0893. The van der Waals surface area contributed by atoms with Gasteiger partial charge in [-0.3, -0.25) is 0 Å². The summed E-state index contributed by atoms with van der Waals surface area (Å²) in [4.78, 5) is 0. The molecule has 0 saturated heterocycles. The quantitative estimate of drug-likeness (QED) is 0.409. The Balaban J connectivity index is 1.63. The molecule has 4 aromatic rings. The fourth-order valence-corrected chi connectivity index (χ4v) is 5.93. The summed E-state index contributed by atoms with van der Waals surface area (Å²) in [6.07, 6.45) is 0. The smallest absolute Gasteiger partial charge is 0.310 e. The molecule has 2 nitrogen and oxygen atoms in total. The Morgan fingerprint density at radius 1 is 0.714 bits per heavy atom. The van der Waals surface area contributed by atoms with E-state index in [4.69, 9.17) is 4.65 Å². The summed E-state index contributed by atoms with van der Waals surface area (Å²) in [6.45, 7) is 7.53. The third-order valence-corrected chi connectivity index (χ3v) is 8.42. The summed E-state index contributed by atoms with van der Waals surface area (Å²) in [5, 5.41) is 10.7. The summed E-state index contributed by atoms with van der Waals surface area (Å²) < 4.78 is 6.38. The van der Waals surface area contributed by atoms with Crippen LogP contribution >= 0.6 is 0 Å². The first-order valence-electron chi connectivity index (χ1n) is 12.5. The van der Waals surface area contributed by atoms with Gasteiger partial charge in [-0.1, -0.05) is 90.4 Å². The van der Waals surface area contributed by atoms with Crippen molar-refractivity contribution in [1.82, 2.24) is 0 Å². The maximum Gasteiger partial charge on any atom is 0.310 e. The van der Waals surface area contributed by atoms with E-state index in [0.717, 1.165) is 5.46 Å².